The Balaban J connectivity index is 0.00000504. The standard InChI is InChI=1S/C44H54N6.Pt/c1-27(2)31-17-13-18-32(28(3)4)39(31)49-25-37(47-41(49)35-21-15-23-45-35)43(9,10)44(11,12)38-26-50(42(48-38)36-22-16-24-46-36)40-33(29(5)6)19-14-20-34(40)30(7)8;/h13-30H,1-12H3;/q-2;+2. The first kappa shape index (κ1) is 38.3. The summed E-state index contributed by atoms with van der Waals surface area (Å²) in [5.74, 6) is 3.10. The summed E-state index contributed by atoms with van der Waals surface area (Å²) >= 11 is 0. The molecule has 0 saturated carbocycles. The molecule has 4 heterocycles. The third kappa shape index (κ3) is 6.77. The quantitative estimate of drug-likeness (QED) is 0.130. The van der Waals surface area contributed by atoms with Crippen molar-refractivity contribution in [2.75, 3.05) is 0 Å². The molecule has 0 aliphatic rings. The van der Waals surface area contributed by atoms with Crippen molar-refractivity contribution in [1.82, 2.24) is 29.1 Å². The summed E-state index contributed by atoms with van der Waals surface area (Å²) in [5.41, 5.74) is 10.5. The number of imidazole rings is 2. The summed E-state index contributed by atoms with van der Waals surface area (Å²) < 4.78 is 4.62. The van der Waals surface area contributed by atoms with E-state index in [0.29, 0.717) is 23.7 Å². The average molecular weight is 862 g/mol. The summed E-state index contributed by atoms with van der Waals surface area (Å²) in [5, 5.41) is 0. The van der Waals surface area contributed by atoms with Crippen molar-refractivity contribution in [3.8, 4) is 34.4 Å². The Bertz CT molecular complexity index is 1860. The van der Waals surface area contributed by atoms with Crippen LogP contribution >= 0.6 is 0 Å². The van der Waals surface area contributed by atoms with E-state index in [0.717, 1.165) is 34.4 Å². The van der Waals surface area contributed by atoms with E-state index in [1.54, 1.807) is 0 Å². The molecule has 7 heteroatoms. The van der Waals surface area contributed by atoms with Gasteiger partial charge >= 0.3 is 21.1 Å². The number of hydrogen-bond donors (Lipinski definition) is 0. The number of rotatable bonds is 11. The maximum Gasteiger partial charge on any atom is 2.00 e. The van der Waals surface area contributed by atoms with Gasteiger partial charge in [-0.05, 0) is 45.9 Å². The van der Waals surface area contributed by atoms with Gasteiger partial charge in [0.05, 0.1) is 22.8 Å². The smallest absolute Gasteiger partial charge is 0.661 e. The van der Waals surface area contributed by atoms with E-state index in [2.05, 4.69) is 153 Å². The van der Waals surface area contributed by atoms with Gasteiger partial charge in [0.25, 0.3) is 0 Å². The van der Waals surface area contributed by atoms with Crippen LogP contribution in [0.15, 0.2) is 85.5 Å². The Labute approximate surface area is 319 Å². The van der Waals surface area contributed by atoms with Crippen LogP contribution in [0.4, 0.5) is 0 Å². The molecule has 4 aromatic heterocycles. The normalized spacial score (nSPS) is 12.5. The Morgan fingerprint density at radius 2 is 0.804 bits per heavy atom. The zero-order valence-corrected chi connectivity index (χ0v) is 34.7. The summed E-state index contributed by atoms with van der Waals surface area (Å²) in [7, 11) is 0. The third-order valence-electron chi connectivity index (χ3n) is 11.0. The van der Waals surface area contributed by atoms with Crippen molar-refractivity contribution >= 4 is 0 Å². The molecule has 6 aromatic rings. The molecule has 270 valence electrons. The number of para-hydroxylation sites is 2. The first-order chi connectivity index (χ1) is 23.6. The fourth-order valence-electron chi connectivity index (χ4n) is 7.15. The second-order valence-corrected chi connectivity index (χ2v) is 16.1. The van der Waals surface area contributed by atoms with E-state index in [1.165, 1.54) is 33.6 Å². The molecule has 2 aromatic carbocycles. The molecule has 0 bridgehead atoms. The number of hydrogen-bond acceptors (Lipinski definition) is 2. The molecule has 6 nitrogen and oxygen atoms in total. The van der Waals surface area contributed by atoms with E-state index < -0.39 is 10.8 Å². The molecule has 0 saturated heterocycles. The van der Waals surface area contributed by atoms with Gasteiger partial charge in [-0.1, -0.05) is 155 Å². The SMILES string of the molecule is CC(C)c1cccc(C(C)C)c1-n1cc(C(C)(C)C(C)(C)c2cn(-c3c(C(C)C)cccc3C(C)C)c(-c3ccc[n-]3)n2)nc1-c1ccc[n-]1.[Pt+2]. The molecule has 0 atom stereocenters. The minimum absolute atomic E-state index is 0. The van der Waals surface area contributed by atoms with Crippen molar-refractivity contribution in [3.05, 3.63) is 119 Å². The van der Waals surface area contributed by atoms with Crippen molar-refractivity contribution in [2.45, 2.75) is 118 Å². The van der Waals surface area contributed by atoms with Gasteiger partial charge in [0.2, 0.25) is 0 Å². The molecule has 0 unspecified atom stereocenters. The average Bonchev–Trinajstić information content (AvgIpc) is 3.89. The van der Waals surface area contributed by atoms with Gasteiger partial charge in [-0.25, -0.2) is 9.97 Å². The fraction of sp³-hybridized carbons (Fsp3) is 0.409. The molecule has 0 spiro atoms. The minimum Gasteiger partial charge on any atom is -0.661 e. The van der Waals surface area contributed by atoms with Gasteiger partial charge in [-0.3, -0.25) is 0 Å². The summed E-state index contributed by atoms with van der Waals surface area (Å²) in [6.07, 6.45) is 8.24. The van der Waals surface area contributed by atoms with Crippen molar-refractivity contribution in [3.63, 3.8) is 0 Å². The molecular weight excluding hydrogens is 808 g/mol. The van der Waals surface area contributed by atoms with E-state index in [1.807, 2.05) is 24.5 Å². The maximum atomic E-state index is 5.46. The van der Waals surface area contributed by atoms with E-state index in [9.17, 15) is 0 Å². The van der Waals surface area contributed by atoms with Crippen LogP contribution < -0.4 is 9.97 Å². The zero-order chi connectivity index (χ0) is 36.1. The van der Waals surface area contributed by atoms with Gasteiger partial charge in [0.15, 0.2) is 0 Å². The van der Waals surface area contributed by atoms with Crippen LogP contribution in [0.2, 0.25) is 0 Å². The Kier molecular flexibility index (Phi) is 11.0. The monoisotopic (exact) mass is 861 g/mol. The van der Waals surface area contributed by atoms with Crippen LogP contribution in [0.1, 0.15) is 140 Å². The van der Waals surface area contributed by atoms with Gasteiger partial charge in [0.1, 0.15) is 11.6 Å². The summed E-state index contributed by atoms with van der Waals surface area (Å²) in [6.45, 7) is 27.4. The van der Waals surface area contributed by atoms with Crippen LogP contribution in [0.3, 0.4) is 0 Å². The summed E-state index contributed by atoms with van der Waals surface area (Å²) in [4.78, 5) is 20.4. The molecule has 0 N–H and O–H groups in total. The van der Waals surface area contributed by atoms with Crippen LogP contribution in [-0.4, -0.2) is 19.1 Å². The molecule has 0 fully saturated rings. The molecular formula is C44H54N6Pt. The molecule has 0 aliphatic heterocycles. The van der Waals surface area contributed by atoms with Crippen LogP contribution in [-0.2, 0) is 31.9 Å². The van der Waals surface area contributed by atoms with Crippen LogP contribution in [0, 0.1) is 0 Å². The Morgan fingerprint density at radius 3 is 1.06 bits per heavy atom. The Morgan fingerprint density at radius 1 is 0.490 bits per heavy atom. The predicted molar refractivity (Wildman–Crippen MR) is 207 cm³/mol. The zero-order valence-electron chi connectivity index (χ0n) is 32.4. The van der Waals surface area contributed by atoms with Crippen LogP contribution in [0.25, 0.3) is 34.4 Å². The second-order valence-electron chi connectivity index (χ2n) is 16.1. The van der Waals surface area contributed by atoms with Crippen molar-refractivity contribution in [2.24, 2.45) is 0 Å². The largest absolute Gasteiger partial charge is 2.00 e. The first-order valence-electron chi connectivity index (χ1n) is 18.3. The van der Waals surface area contributed by atoms with Gasteiger partial charge < -0.3 is 19.1 Å². The molecule has 0 aliphatic carbocycles. The molecule has 0 amide bonds. The molecule has 0 radical (unpaired) electrons. The van der Waals surface area contributed by atoms with E-state index in [4.69, 9.17) is 19.9 Å². The number of benzene rings is 2. The van der Waals surface area contributed by atoms with Crippen molar-refractivity contribution < 1.29 is 21.1 Å². The minimum atomic E-state index is -0.432. The van der Waals surface area contributed by atoms with Crippen LogP contribution in [0.5, 0.6) is 0 Å². The van der Waals surface area contributed by atoms with Gasteiger partial charge in [-0.15, -0.1) is 0 Å². The summed E-state index contributed by atoms with van der Waals surface area (Å²) in [6, 6.07) is 21.5. The first-order valence-corrected chi connectivity index (χ1v) is 18.3. The predicted octanol–water partition coefficient (Wildman–Crippen LogP) is 11.1. The second kappa shape index (κ2) is 14.6. The van der Waals surface area contributed by atoms with E-state index in [-0.39, 0.29) is 21.1 Å². The van der Waals surface area contributed by atoms with E-state index >= 15 is 0 Å². The fourth-order valence-corrected chi connectivity index (χ4v) is 7.15. The number of nitrogens with zero attached hydrogens (tertiary/aromatic N) is 6. The maximum absolute atomic E-state index is 5.46. The van der Waals surface area contributed by atoms with Gasteiger partial charge in [0, 0.05) is 23.2 Å². The molecule has 51 heavy (non-hydrogen) atoms. The molecule has 6 rings (SSSR count). The van der Waals surface area contributed by atoms with Gasteiger partial charge in [-0.2, -0.15) is 12.4 Å². The number of aromatic nitrogens is 6. The van der Waals surface area contributed by atoms with Crippen molar-refractivity contribution in [1.29, 1.82) is 0 Å². The Hall–Kier alpha value is -3.89. The third-order valence-corrected chi connectivity index (χ3v) is 11.0. The topological polar surface area (TPSA) is 63.8 Å².